The van der Waals surface area contributed by atoms with Crippen molar-refractivity contribution in [3.8, 4) is 11.6 Å². The van der Waals surface area contributed by atoms with Crippen molar-refractivity contribution in [2.24, 2.45) is 0 Å². The second kappa shape index (κ2) is 7.16. The van der Waals surface area contributed by atoms with Crippen LogP contribution in [-0.4, -0.2) is 38.8 Å². The van der Waals surface area contributed by atoms with Crippen molar-refractivity contribution in [2.75, 3.05) is 13.7 Å². The Kier molecular flexibility index (Phi) is 4.79. The van der Waals surface area contributed by atoms with Crippen molar-refractivity contribution >= 4 is 0 Å². The molecule has 122 valence electrons. The minimum atomic E-state index is 0.325. The van der Waals surface area contributed by atoms with Gasteiger partial charge in [0.05, 0.1) is 19.4 Å². The first-order valence-corrected chi connectivity index (χ1v) is 7.17. The number of hydrogen-bond donors (Lipinski definition) is 0. The Bertz CT molecular complexity index is 721. The molecular weight excluding hydrogens is 302 g/mol. The van der Waals surface area contributed by atoms with Crippen LogP contribution in [0, 0.1) is 0 Å². The van der Waals surface area contributed by atoms with E-state index in [-0.39, 0.29) is 0 Å². The van der Waals surface area contributed by atoms with Gasteiger partial charge in [0, 0.05) is 7.11 Å². The number of furan rings is 1. The standard InChI is InChI=1S/C14H17N5O4/c1-3-19(7-12-15-11(9-20-2)17-22-12)8-13-16-14(18-23-13)10-5-4-6-21-10/h4-6H,3,7-9H2,1-2H3. The second-order valence-electron chi connectivity index (χ2n) is 4.83. The summed E-state index contributed by atoms with van der Waals surface area (Å²) in [5.41, 5.74) is 0. The van der Waals surface area contributed by atoms with E-state index >= 15 is 0 Å². The first-order valence-electron chi connectivity index (χ1n) is 7.17. The van der Waals surface area contributed by atoms with Crippen molar-refractivity contribution in [1.82, 2.24) is 25.2 Å². The molecule has 3 rings (SSSR count). The Balaban J connectivity index is 1.62. The maximum Gasteiger partial charge on any atom is 0.241 e. The molecule has 0 unspecified atom stereocenters. The van der Waals surface area contributed by atoms with Crippen LogP contribution in [0.3, 0.4) is 0 Å². The van der Waals surface area contributed by atoms with E-state index in [4.69, 9.17) is 18.2 Å². The zero-order chi connectivity index (χ0) is 16.1. The quantitative estimate of drug-likeness (QED) is 0.615. The number of nitrogens with zero attached hydrogens (tertiary/aromatic N) is 5. The number of methoxy groups -OCH3 is 1. The minimum Gasteiger partial charge on any atom is -0.461 e. The van der Waals surface area contributed by atoms with Crippen LogP contribution in [0.25, 0.3) is 11.6 Å². The highest BCUT2D eigenvalue weighted by Crippen LogP contribution is 2.16. The first kappa shape index (κ1) is 15.4. The van der Waals surface area contributed by atoms with E-state index in [2.05, 4.69) is 20.3 Å². The molecule has 0 aliphatic carbocycles. The molecule has 0 aromatic carbocycles. The highest BCUT2D eigenvalue weighted by molar-refractivity contribution is 5.44. The van der Waals surface area contributed by atoms with Crippen LogP contribution < -0.4 is 0 Å². The summed E-state index contributed by atoms with van der Waals surface area (Å²) in [6.07, 6.45) is 1.57. The van der Waals surface area contributed by atoms with Gasteiger partial charge in [-0.2, -0.15) is 9.97 Å². The lowest BCUT2D eigenvalue weighted by atomic mass is 10.4. The number of aromatic nitrogens is 4. The summed E-state index contributed by atoms with van der Waals surface area (Å²) in [7, 11) is 1.58. The predicted molar refractivity (Wildman–Crippen MR) is 76.8 cm³/mol. The molecule has 0 spiro atoms. The van der Waals surface area contributed by atoms with E-state index in [0.29, 0.717) is 48.9 Å². The van der Waals surface area contributed by atoms with Gasteiger partial charge < -0.3 is 18.2 Å². The average Bonchev–Trinajstić information content (AvgIpc) is 3.28. The third kappa shape index (κ3) is 3.82. The summed E-state index contributed by atoms with van der Waals surface area (Å²) in [5.74, 6) is 2.54. The van der Waals surface area contributed by atoms with Gasteiger partial charge in [-0.25, -0.2) is 0 Å². The normalized spacial score (nSPS) is 11.4. The van der Waals surface area contributed by atoms with Crippen molar-refractivity contribution in [3.63, 3.8) is 0 Å². The molecule has 0 bridgehead atoms. The molecule has 0 amide bonds. The molecule has 0 fully saturated rings. The lowest BCUT2D eigenvalue weighted by molar-refractivity contribution is 0.174. The summed E-state index contributed by atoms with van der Waals surface area (Å²) in [6, 6.07) is 3.55. The Labute approximate surface area is 132 Å². The third-order valence-corrected chi connectivity index (χ3v) is 3.16. The molecule has 0 atom stereocenters. The summed E-state index contributed by atoms with van der Waals surface area (Å²) in [6.45, 7) is 4.08. The fourth-order valence-corrected chi connectivity index (χ4v) is 2.03. The van der Waals surface area contributed by atoms with E-state index in [1.165, 1.54) is 0 Å². The fraction of sp³-hybridized carbons (Fsp3) is 0.429. The van der Waals surface area contributed by atoms with Crippen LogP contribution in [0.4, 0.5) is 0 Å². The zero-order valence-corrected chi connectivity index (χ0v) is 12.9. The van der Waals surface area contributed by atoms with Gasteiger partial charge in [0.2, 0.25) is 17.6 Å². The van der Waals surface area contributed by atoms with Gasteiger partial charge in [-0.1, -0.05) is 17.2 Å². The Hall–Kier alpha value is -2.52. The topological polar surface area (TPSA) is 103 Å². The number of rotatable bonds is 8. The van der Waals surface area contributed by atoms with Crippen LogP contribution in [-0.2, 0) is 24.4 Å². The number of hydrogen-bond acceptors (Lipinski definition) is 9. The van der Waals surface area contributed by atoms with Crippen LogP contribution in [0.5, 0.6) is 0 Å². The molecule has 9 heteroatoms. The van der Waals surface area contributed by atoms with E-state index in [1.54, 1.807) is 25.5 Å². The van der Waals surface area contributed by atoms with Gasteiger partial charge in [0.25, 0.3) is 0 Å². The highest BCUT2D eigenvalue weighted by atomic mass is 16.5. The highest BCUT2D eigenvalue weighted by Gasteiger charge is 2.16. The summed E-state index contributed by atoms with van der Waals surface area (Å²) >= 11 is 0. The van der Waals surface area contributed by atoms with Gasteiger partial charge >= 0.3 is 0 Å². The lowest BCUT2D eigenvalue weighted by Gasteiger charge is -2.14. The molecule has 9 nitrogen and oxygen atoms in total. The predicted octanol–water partition coefficient (Wildman–Crippen LogP) is 1.88. The monoisotopic (exact) mass is 319 g/mol. The van der Waals surface area contributed by atoms with Gasteiger partial charge in [0.15, 0.2) is 11.6 Å². The van der Waals surface area contributed by atoms with Crippen molar-refractivity contribution < 1.29 is 18.2 Å². The van der Waals surface area contributed by atoms with Crippen molar-refractivity contribution in [1.29, 1.82) is 0 Å². The first-order chi connectivity index (χ1) is 11.3. The maximum absolute atomic E-state index is 5.25. The second-order valence-corrected chi connectivity index (χ2v) is 4.83. The van der Waals surface area contributed by atoms with E-state index in [0.717, 1.165) is 6.54 Å². The molecule has 3 aromatic rings. The summed E-state index contributed by atoms with van der Waals surface area (Å²) in [4.78, 5) is 10.6. The smallest absolute Gasteiger partial charge is 0.241 e. The average molecular weight is 319 g/mol. The largest absolute Gasteiger partial charge is 0.461 e. The van der Waals surface area contributed by atoms with Crippen LogP contribution >= 0.6 is 0 Å². The summed E-state index contributed by atoms with van der Waals surface area (Å²) in [5, 5.41) is 7.74. The molecule has 0 radical (unpaired) electrons. The van der Waals surface area contributed by atoms with Crippen molar-refractivity contribution in [2.45, 2.75) is 26.6 Å². The molecule has 23 heavy (non-hydrogen) atoms. The van der Waals surface area contributed by atoms with Gasteiger partial charge in [-0.05, 0) is 18.7 Å². The Morgan fingerprint density at radius 3 is 2.61 bits per heavy atom. The van der Waals surface area contributed by atoms with Crippen molar-refractivity contribution in [3.05, 3.63) is 36.0 Å². The van der Waals surface area contributed by atoms with Gasteiger partial charge in [-0.15, -0.1) is 0 Å². The molecule has 0 aliphatic rings. The molecule has 0 N–H and O–H groups in total. The van der Waals surface area contributed by atoms with E-state index < -0.39 is 0 Å². The molecule has 0 saturated carbocycles. The molecule has 3 heterocycles. The van der Waals surface area contributed by atoms with Crippen LogP contribution in [0.1, 0.15) is 24.5 Å². The lowest BCUT2D eigenvalue weighted by Crippen LogP contribution is -2.22. The van der Waals surface area contributed by atoms with E-state index in [1.807, 2.05) is 11.8 Å². The molecule has 0 saturated heterocycles. The van der Waals surface area contributed by atoms with Crippen LogP contribution in [0.15, 0.2) is 31.9 Å². The molecule has 0 aliphatic heterocycles. The zero-order valence-electron chi connectivity index (χ0n) is 12.9. The van der Waals surface area contributed by atoms with E-state index in [9.17, 15) is 0 Å². The SMILES string of the molecule is CCN(Cc1nc(COC)no1)Cc1nc(-c2ccco2)no1. The Morgan fingerprint density at radius 1 is 1.13 bits per heavy atom. The van der Waals surface area contributed by atoms with Crippen LogP contribution in [0.2, 0.25) is 0 Å². The van der Waals surface area contributed by atoms with Gasteiger partial charge in [-0.3, -0.25) is 4.90 Å². The molecule has 3 aromatic heterocycles. The third-order valence-electron chi connectivity index (χ3n) is 3.16. The Morgan fingerprint density at radius 2 is 1.91 bits per heavy atom. The maximum atomic E-state index is 5.25. The fourth-order valence-electron chi connectivity index (χ4n) is 2.03. The summed E-state index contributed by atoms with van der Waals surface area (Å²) < 4.78 is 20.6. The van der Waals surface area contributed by atoms with Gasteiger partial charge in [0.1, 0.15) is 6.61 Å². The molecular formula is C14H17N5O4. The minimum absolute atomic E-state index is 0.325. The number of ether oxygens (including phenoxy) is 1.